The molecule has 0 atom stereocenters. The van der Waals surface area contributed by atoms with Gasteiger partial charge < -0.3 is 0 Å². The van der Waals surface area contributed by atoms with Crippen LogP contribution in [-0.4, -0.2) is 0 Å². The fraction of sp³-hybridized carbons (Fsp3) is 0.0769. The summed E-state index contributed by atoms with van der Waals surface area (Å²) in [5.41, 5.74) is 17.1. The highest BCUT2D eigenvalue weighted by Gasteiger charge is 2.58. The molecule has 9 rings (SSSR count). The average molecular weight is 574 g/mol. The zero-order valence-corrected chi connectivity index (χ0v) is 23.5. The number of halogens is 1. The predicted octanol–water partition coefficient (Wildman–Crippen LogP) is 9.62. The lowest BCUT2D eigenvalue weighted by Crippen LogP contribution is -2.43. The summed E-state index contributed by atoms with van der Waals surface area (Å²) in [6.07, 6.45) is 0. The van der Waals surface area contributed by atoms with E-state index in [9.17, 15) is 0 Å². The molecule has 6 aromatic rings. The Balaban J connectivity index is 1.53. The minimum Gasteiger partial charge on any atom is -0.0876 e. The molecule has 0 nitrogen and oxygen atoms in total. The van der Waals surface area contributed by atoms with Gasteiger partial charge in [0, 0.05) is 5.33 Å². The quantitative estimate of drug-likeness (QED) is 0.172. The van der Waals surface area contributed by atoms with E-state index in [1.165, 1.54) is 72.3 Å². The van der Waals surface area contributed by atoms with Crippen LogP contribution >= 0.6 is 15.9 Å². The van der Waals surface area contributed by atoms with Gasteiger partial charge in [-0.15, -0.1) is 0 Å². The zero-order valence-electron chi connectivity index (χ0n) is 21.9. The van der Waals surface area contributed by atoms with Crippen molar-refractivity contribution in [2.45, 2.75) is 16.2 Å². The maximum Gasteiger partial charge on any atom is 0.0720 e. The third-order valence-corrected chi connectivity index (χ3v) is 10.3. The summed E-state index contributed by atoms with van der Waals surface area (Å²) in [6.45, 7) is 0. The van der Waals surface area contributed by atoms with Crippen LogP contribution in [0.3, 0.4) is 0 Å². The Kier molecular flexibility index (Phi) is 4.48. The molecular formula is C39H25Br. The van der Waals surface area contributed by atoms with E-state index in [4.69, 9.17) is 0 Å². The zero-order chi connectivity index (χ0) is 26.5. The van der Waals surface area contributed by atoms with Gasteiger partial charge in [0.05, 0.1) is 10.8 Å². The van der Waals surface area contributed by atoms with Gasteiger partial charge in [-0.25, -0.2) is 0 Å². The van der Waals surface area contributed by atoms with Crippen LogP contribution in [0.4, 0.5) is 0 Å². The second-order valence-corrected chi connectivity index (χ2v) is 11.8. The van der Waals surface area contributed by atoms with E-state index in [-0.39, 0.29) is 5.41 Å². The fourth-order valence-electron chi connectivity index (χ4n) is 8.48. The predicted molar refractivity (Wildman–Crippen MR) is 167 cm³/mol. The fourth-order valence-corrected chi connectivity index (χ4v) is 8.94. The summed E-state index contributed by atoms with van der Waals surface area (Å²) in [5.74, 6) is 0. The van der Waals surface area contributed by atoms with Crippen LogP contribution in [-0.2, 0) is 16.2 Å². The van der Waals surface area contributed by atoms with Gasteiger partial charge in [0.15, 0.2) is 0 Å². The first-order chi connectivity index (χ1) is 19.8. The Morgan fingerprint density at radius 1 is 0.350 bits per heavy atom. The van der Waals surface area contributed by atoms with Crippen molar-refractivity contribution < 1.29 is 0 Å². The molecule has 0 saturated carbocycles. The van der Waals surface area contributed by atoms with E-state index in [2.05, 4.69) is 155 Å². The van der Waals surface area contributed by atoms with Crippen LogP contribution in [0.15, 0.2) is 140 Å². The molecule has 40 heavy (non-hydrogen) atoms. The van der Waals surface area contributed by atoms with Crippen LogP contribution in [0, 0.1) is 0 Å². The summed E-state index contributed by atoms with van der Waals surface area (Å²) >= 11 is 3.82. The second-order valence-electron chi connectivity index (χ2n) is 11.2. The van der Waals surface area contributed by atoms with Crippen molar-refractivity contribution in [2.75, 3.05) is 0 Å². The molecule has 2 spiro atoms. The molecule has 1 heteroatoms. The first kappa shape index (κ1) is 22.6. The number of benzene rings is 6. The topological polar surface area (TPSA) is 0 Å². The first-order valence-electron chi connectivity index (χ1n) is 14.0. The SMILES string of the molecule is BrCc1cccc2c1-c1ccccc1C21c2ccccc2C2(c3ccccc3-c3ccccc32)c2ccccc21. The lowest BCUT2D eigenvalue weighted by Gasteiger charge is -2.48. The van der Waals surface area contributed by atoms with Crippen molar-refractivity contribution in [1.29, 1.82) is 0 Å². The van der Waals surface area contributed by atoms with E-state index < -0.39 is 5.41 Å². The molecule has 188 valence electrons. The van der Waals surface area contributed by atoms with Gasteiger partial charge in [-0.3, -0.25) is 0 Å². The molecule has 6 aromatic carbocycles. The van der Waals surface area contributed by atoms with Crippen molar-refractivity contribution in [3.8, 4) is 22.3 Å². The van der Waals surface area contributed by atoms with E-state index in [0.717, 1.165) is 5.33 Å². The molecule has 0 radical (unpaired) electrons. The Bertz CT molecular complexity index is 1920. The lowest BCUT2D eigenvalue weighted by atomic mass is 9.52. The normalized spacial score (nSPS) is 15.6. The molecule has 0 amide bonds. The summed E-state index contributed by atoms with van der Waals surface area (Å²) in [6, 6.07) is 52.7. The maximum atomic E-state index is 3.82. The number of rotatable bonds is 1. The standard InChI is InChI=1S/C39H25Br/c40-24-25-12-11-23-36-37(25)28-15-3-6-18-31(28)39(36)34-21-9-7-19-32(34)38(33-20-8-10-22-35(33)39)29-16-4-1-13-26(29)27-14-2-5-17-30(27)38/h1-23H,24H2. The maximum absolute atomic E-state index is 3.82. The van der Waals surface area contributed by atoms with Gasteiger partial charge in [-0.1, -0.05) is 155 Å². The van der Waals surface area contributed by atoms with Gasteiger partial charge >= 0.3 is 0 Å². The third kappa shape index (κ3) is 2.41. The van der Waals surface area contributed by atoms with Crippen LogP contribution in [0.25, 0.3) is 22.3 Å². The number of alkyl halides is 1. The van der Waals surface area contributed by atoms with Crippen LogP contribution in [0.5, 0.6) is 0 Å². The molecule has 0 heterocycles. The van der Waals surface area contributed by atoms with Crippen molar-refractivity contribution in [3.05, 3.63) is 190 Å². The molecule has 0 fully saturated rings. The van der Waals surface area contributed by atoms with Crippen LogP contribution < -0.4 is 0 Å². The van der Waals surface area contributed by atoms with Crippen molar-refractivity contribution in [2.24, 2.45) is 0 Å². The molecule has 0 saturated heterocycles. The molecule has 0 unspecified atom stereocenters. The van der Waals surface area contributed by atoms with Gasteiger partial charge in [-0.2, -0.15) is 0 Å². The Morgan fingerprint density at radius 2 is 0.700 bits per heavy atom. The molecular weight excluding hydrogens is 548 g/mol. The molecule has 0 bridgehead atoms. The average Bonchev–Trinajstić information content (AvgIpc) is 3.49. The van der Waals surface area contributed by atoms with Crippen molar-refractivity contribution in [1.82, 2.24) is 0 Å². The smallest absolute Gasteiger partial charge is 0.0720 e. The minimum atomic E-state index is -0.394. The summed E-state index contributed by atoms with van der Waals surface area (Å²) in [7, 11) is 0. The largest absolute Gasteiger partial charge is 0.0876 e. The van der Waals surface area contributed by atoms with E-state index >= 15 is 0 Å². The first-order valence-corrected chi connectivity index (χ1v) is 15.1. The van der Waals surface area contributed by atoms with Gasteiger partial charge in [0.1, 0.15) is 0 Å². The van der Waals surface area contributed by atoms with Gasteiger partial charge in [0.25, 0.3) is 0 Å². The highest BCUT2D eigenvalue weighted by atomic mass is 79.9. The van der Waals surface area contributed by atoms with E-state index in [1.807, 2.05) is 0 Å². The second kappa shape index (κ2) is 7.93. The Morgan fingerprint density at radius 3 is 1.18 bits per heavy atom. The van der Waals surface area contributed by atoms with E-state index in [1.54, 1.807) is 0 Å². The van der Waals surface area contributed by atoms with E-state index in [0.29, 0.717) is 0 Å². The molecule has 0 aliphatic heterocycles. The summed E-state index contributed by atoms with van der Waals surface area (Å²) in [5, 5.41) is 0.828. The number of fused-ring (bicyclic) bond motifs is 16. The Labute approximate surface area is 243 Å². The van der Waals surface area contributed by atoms with Crippen LogP contribution in [0.1, 0.15) is 50.1 Å². The Hall–Kier alpha value is -4.20. The highest BCUT2D eigenvalue weighted by Crippen LogP contribution is 2.67. The summed E-state index contributed by atoms with van der Waals surface area (Å²) < 4.78 is 0. The lowest BCUT2D eigenvalue weighted by molar-refractivity contribution is 0.633. The monoisotopic (exact) mass is 572 g/mol. The van der Waals surface area contributed by atoms with Crippen molar-refractivity contribution >= 4 is 15.9 Å². The van der Waals surface area contributed by atoms with Crippen LogP contribution in [0.2, 0.25) is 0 Å². The summed E-state index contributed by atoms with van der Waals surface area (Å²) in [4.78, 5) is 0. The minimum absolute atomic E-state index is 0.379. The highest BCUT2D eigenvalue weighted by molar-refractivity contribution is 9.08. The van der Waals surface area contributed by atoms with Gasteiger partial charge in [0.2, 0.25) is 0 Å². The number of hydrogen-bond acceptors (Lipinski definition) is 0. The third-order valence-electron chi connectivity index (χ3n) is 9.72. The molecule has 0 N–H and O–H groups in total. The molecule has 3 aliphatic carbocycles. The molecule has 3 aliphatic rings. The van der Waals surface area contributed by atoms with Crippen molar-refractivity contribution in [3.63, 3.8) is 0 Å². The number of hydrogen-bond donors (Lipinski definition) is 0. The molecule has 0 aromatic heterocycles. The van der Waals surface area contributed by atoms with Gasteiger partial charge in [-0.05, 0) is 72.3 Å².